The molecule has 0 bridgehead atoms. The third-order valence-corrected chi connectivity index (χ3v) is 2.42. The van der Waals surface area contributed by atoms with Crippen LogP contribution in [-0.2, 0) is 4.74 Å². The van der Waals surface area contributed by atoms with Crippen molar-refractivity contribution in [2.75, 3.05) is 31.8 Å². The van der Waals surface area contributed by atoms with Crippen molar-refractivity contribution in [3.8, 4) is 0 Å². The van der Waals surface area contributed by atoms with Crippen LogP contribution in [-0.4, -0.2) is 31.8 Å². The standard InChI is InChI=1S/C8H17NOS/c1-8(6-9)7-11-5-3-4-10-2/h1,3-7,9H2,2H3. The fourth-order valence-corrected chi connectivity index (χ4v) is 1.45. The average Bonchev–Trinajstić information content (AvgIpc) is 2.04. The van der Waals surface area contributed by atoms with Crippen molar-refractivity contribution in [1.29, 1.82) is 0 Å². The van der Waals surface area contributed by atoms with E-state index in [1.807, 2.05) is 11.8 Å². The summed E-state index contributed by atoms with van der Waals surface area (Å²) in [6.07, 6.45) is 1.11. The lowest BCUT2D eigenvalue weighted by Gasteiger charge is -2.01. The van der Waals surface area contributed by atoms with Gasteiger partial charge in [0.05, 0.1) is 0 Å². The van der Waals surface area contributed by atoms with Crippen LogP contribution in [0.1, 0.15) is 6.42 Å². The Hall–Kier alpha value is 0.01000. The maximum Gasteiger partial charge on any atom is 0.0470 e. The smallest absolute Gasteiger partial charge is 0.0470 e. The minimum absolute atomic E-state index is 0.608. The summed E-state index contributed by atoms with van der Waals surface area (Å²) in [4.78, 5) is 0. The Morgan fingerprint density at radius 3 is 2.91 bits per heavy atom. The van der Waals surface area contributed by atoms with Gasteiger partial charge in [0.1, 0.15) is 0 Å². The highest BCUT2D eigenvalue weighted by atomic mass is 32.2. The van der Waals surface area contributed by atoms with Crippen molar-refractivity contribution < 1.29 is 4.74 Å². The summed E-state index contributed by atoms with van der Waals surface area (Å²) in [6.45, 7) is 5.27. The first-order valence-electron chi connectivity index (χ1n) is 3.74. The lowest BCUT2D eigenvalue weighted by atomic mass is 10.4. The molecule has 0 spiro atoms. The zero-order chi connectivity index (χ0) is 8.53. The summed E-state index contributed by atoms with van der Waals surface area (Å²) < 4.78 is 4.91. The second kappa shape index (κ2) is 8.11. The van der Waals surface area contributed by atoms with Gasteiger partial charge in [-0.1, -0.05) is 12.2 Å². The minimum Gasteiger partial charge on any atom is -0.385 e. The van der Waals surface area contributed by atoms with Gasteiger partial charge in [0.15, 0.2) is 0 Å². The van der Waals surface area contributed by atoms with Gasteiger partial charge in [-0.25, -0.2) is 0 Å². The first-order chi connectivity index (χ1) is 5.31. The van der Waals surface area contributed by atoms with Crippen molar-refractivity contribution in [3.63, 3.8) is 0 Å². The number of thioether (sulfide) groups is 1. The van der Waals surface area contributed by atoms with Gasteiger partial charge in [-0.3, -0.25) is 0 Å². The minimum atomic E-state index is 0.608. The van der Waals surface area contributed by atoms with Gasteiger partial charge in [0.2, 0.25) is 0 Å². The van der Waals surface area contributed by atoms with Crippen molar-refractivity contribution in [1.82, 2.24) is 0 Å². The fraction of sp³-hybridized carbons (Fsp3) is 0.750. The van der Waals surface area contributed by atoms with Crippen molar-refractivity contribution in [3.05, 3.63) is 12.2 Å². The summed E-state index contributed by atoms with van der Waals surface area (Å²) in [6, 6.07) is 0. The molecule has 0 aromatic carbocycles. The summed E-state index contributed by atoms with van der Waals surface area (Å²) in [7, 11) is 1.73. The Morgan fingerprint density at radius 1 is 1.64 bits per heavy atom. The molecule has 0 radical (unpaired) electrons. The predicted molar refractivity (Wildman–Crippen MR) is 52.0 cm³/mol. The Balaban J connectivity index is 2.95. The molecule has 0 aliphatic rings. The molecule has 0 aromatic rings. The normalized spacial score (nSPS) is 10.0. The number of ether oxygens (including phenoxy) is 1. The first kappa shape index (κ1) is 11.0. The quantitative estimate of drug-likeness (QED) is 0.467. The molecule has 3 heteroatoms. The van der Waals surface area contributed by atoms with Crippen molar-refractivity contribution >= 4 is 11.8 Å². The highest BCUT2D eigenvalue weighted by Gasteiger charge is 1.91. The number of hydrogen-bond acceptors (Lipinski definition) is 3. The van der Waals surface area contributed by atoms with Gasteiger partial charge in [0, 0.05) is 26.0 Å². The molecule has 11 heavy (non-hydrogen) atoms. The fourth-order valence-electron chi connectivity index (χ4n) is 0.581. The molecular weight excluding hydrogens is 158 g/mol. The van der Waals surface area contributed by atoms with E-state index in [0.29, 0.717) is 6.54 Å². The van der Waals surface area contributed by atoms with Crippen LogP contribution in [0.3, 0.4) is 0 Å². The molecule has 0 atom stereocenters. The third kappa shape index (κ3) is 7.91. The van der Waals surface area contributed by atoms with Gasteiger partial charge in [0.25, 0.3) is 0 Å². The number of hydrogen-bond donors (Lipinski definition) is 1. The second-order valence-corrected chi connectivity index (χ2v) is 3.46. The van der Waals surface area contributed by atoms with E-state index in [1.165, 1.54) is 0 Å². The van der Waals surface area contributed by atoms with Crippen LogP contribution >= 0.6 is 11.8 Å². The van der Waals surface area contributed by atoms with Crippen LogP contribution in [0.4, 0.5) is 0 Å². The molecule has 0 unspecified atom stereocenters. The van der Waals surface area contributed by atoms with E-state index in [9.17, 15) is 0 Å². The third-order valence-electron chi connectivity index (χ3n) is 1.23. The van der Waals surface area contributed by atoms with Crippen LogP contribution in [0.25, 0.3) is 0 Å². The largest absolute Gasteiger partial charge is 0.385 e. The van der Waals surface area contributed by atoms with E-state index >= 15 is 0 Å². The van der Waals surface area contributed by atoms with E-state index in [-0.39, 0.29) is 0 Å². The van der Waals surface area contributed by atoms with Gasteiger partial charge in [-0.2, -0.15) is 11.8 Å². The Bertz CT molecular complexity index is 106. The summed E-state index contributed by atoms with van der Waals surface area (Å²) in [5, 5.41) is 0. The zero-order valence-corrected chi connectivity index (χ0v) is 7.95. The Morgan fingerprint density at radius 2 is 2.36 bits per heavy atom. The van der Waals surface area contributed by atoms with E-state index in [2.05, 4.69) is 6.58 Å². The molecule has 0 heterocycles. The maximum absolute atomic E-state index is 5.38. The predicted octanol–water partition coefficient (Wildman–Crippen LogP) is 1.27. The lowest BCUT2D eigenvalue weighted by Crippen LogP contribution is -2.04. The number of methoxy groups -OCH3 is 1. The molecule has 0 saturated heterocycles. The molecule has 2 nitrogen and oxygen atoms in total. The number of rotatable bonds is 7. The van der Waals surface area contributed by atoms with Crippen molar-refractivity contribution in [2.24, 2.45) is 5.73 Å². The summed E-state index contributed by atoms with van der Waals surface area (Å²) in [5.74, 6) is 2.12. The highest BCUT2D eigenvalue weighted by molar-refractivity contribution is 7.99. The molecule has 66 valence electrons. The molecule has 0 aliphatic carbocycles. The molecule has 2 N–H and O–H groups in total. The van der Waals surface area contributed by atoms with E-state index in [4.69, 9.17) is 10.5 Å². The van der Waals surface area contributed by atoms with Gasteiger partial charge >= 0.3 is 0 Å². The van der Waals surface area contributed by atoms with Crippen LogP contribution < -0.4 is 5.73 Å². The maximum atomic E-state index is 5.38. The van der Waals surface area contributed by atoms with Gasteiger partial charge in [-0.05, 0) is 12.2 Å². The number of nitrogens with two attached hydrogens (primary N) is 1. The van der Waals surface area contributed by atoms with Gasteiger partial charge in [-0.15, -0.1) is 0 Å². The highest BCUT2D eigenvalue weighted by Crippen LogP contribution is 2.06. The SMILES string of the molecule is C=C(CN)CSCCCOC. The lowest BCUT2D eigenvalue weighted by molar-refractivity contribution is 0.200. The summed E-state index contributed by atoms with van der Waals surface area (Å²) in [5.41, 5.74) is 6.49. The van der Waals surface area contributed by atoms with E-state index in [0.717, 1.165) is 30.1 Å². The monoisotopic (exact) mass is 175 g/mol. The van der Waals surface area contributed by atoms with Crippen LogP contribution in [0.2, 0.25) is 0 Å². The summed E-state index contributed by atoms with van der Waals surface area (Å²) >= 11 is 1.87. The molecule has 0 fully saturated rings. The first-order valence-corrected chi connectivity index (χ1v) is 4.90. The Kier molecular flexibility index (Phi) is 8.12. The molecule has 0 amide bonds. The zero-order valence-electron chi connectivity index (χ0n) is 7.14. The second-order valence-electron chi connectivity index (χ2n) is 2.35. The van der Waals surface area contributed by atoms with E-state index in [1.54, 1.807) is 7.11 Å². The molecular formula is C8H17NOS. The Labute approximate surface area is 73.2 Å². The van der Waals surface area contributed by atoms with Crippen molar-refractivity contribution in [2.45, 2.75) is 6.42 Å². The molecule has 0 aromatic heterocycles. The van der Waals surface area contributed by atoms with Crippen LogP contribution in [0.15, 0.2) is 12.2 Å². The van der Waals surface area contributed by atoms with Crippen LogP contribution in [0.5, 0.6) is 0 Å². The average molecular weight is 175 g/mol. The molecule has 0 rings (SSSR count). The van der Waals surface area contributed by atoms with Crippen LogP contribution in [0, 0.1) is 0 Å². The molecule has 0 saturated carbocycles. The topological polar surface area (TPSA) is 35.2 Å². The van der Waals surface area contributed by atoms with E-state index < -0.39 is 0 Å². The van der Waals surface area contributed by atoms with Gasteiger partial charge < -0.3 is 10.5 Å². The molecule has 0 aliphatic heterocycles.